The van der Waals surface area contributed by atoms with Crippen LogP contribution in [0.2, 0.25) is 0 Å². The molecule has 4 nitrogen and oxygen atoms in total. The van der Waals surface area contributed by atoms with Gasteiger partial charge in [0.1, 0.15) is 11.5 Å². The van der Waals surface area contributed by atoms with Gasteiger partial charge in [0, 0.05) is 62.1 Å². The molecular weight excluding hydrogens is 1260 g/mol. The maximum atomic E-state index is 7.62. The molecule has 0 unspecified atom stereocenters. The fraction of sp³-hybridized carbons (Fsp3) is 0.0909. The number of para-hydroxylation sites is 3. The second-order valence-corrected chi connectivity index (χ2v) is 30.4. The second kappa shape index (κ2) is 24.4. The van der Waals surface area contributed by atoms with Crippen LogP contribution in [-0.2, 0) is 16.2 Å². The third-order valence-corrected chi connectivity index (χ3v) is 22.1. The molecule has 0 saturated heterocycles. The van der Waals surface area contributed by atoms with Gasteiger partial charge >= 0.3 is 0 Å². The number of hydrogen-bond donors (Lipinski definition) is 0. The van der Waals surface area contributed by atoms with Crippen LogP contribution in [-0.4, -0.2) is 11.3 Å². The molecule has 3 aliphatic heterocycles. The van der Waals surface area contributed by atoms with Gasteiger partial charge in [0.05, 0.1) is 22.1 Å². The Morgan fingerprint density at radius 3 is 1.14 bits per heavy atom. The van der Waals surface area contributed by atoms with E-state index < -0.39 is 5.41 Å². The zero-order valence-corrected chi connectivity index (χ0v) is 59.3. The van der Waals surface area contributed by atoms with E-state index in [-0.39, 0.29) is 17.5 Å². The lowest BCUT2D eigenvalue weighted by Gasteiger charge is -2.47. The number of benzene rings is 15. The molecule has 19 rings (SSSR count). The molecule has 0 atom stereocenters. The highest BCUT2D eigenvalue weighted by Gasteiger charge is 2.50. The summed E-state index contributed by atoms with van der Waals surface area (Å²) in [4.78, 5) is 5.26. The molecule has 0 fully saturated rings. The Morgan fingerprint density at radius 1 is 0.279 bits per heavy atom. The van der Waals surface area contributed by atoms with Gasteiger partial charge in [-0.2, -0.15) is 0 Å². The molecule has 496 valence electrons. The van der Waals surface area contributed by atoms with Crippen molar-refractivity contribution >= 4 is 79.0 Å². The van der Waals surface area contributed by atoms with Crippen LogP contribution in [0.25, 0.3) is 83.1 Å². The fourth-order valence-corrected chi connectivity index (χ4v) is 17.1. The third-order valence-electron chi connectivity index (χ3n) is 22.1. The molecule has 0 amide bonds. The molecule has 15 aromatic carbocycles. The Morgan fingerprint density at radius 2 is 0.683 bits per heavy atom. The van der Waals surface area contributed by atoms with E-state index in [9.17, 15) is 0 Å². The molecule has 0 N–H and O–H groups in total. The highest BCUT2D eigenvalue weighted by atomic mass is 16.5. The molecule has 3 aliphatic rings. The van der Waals surface area contributed by atoms with E-state index >= 15 is 0 Å². The van der Waals surface area contributed by atoms with Gasteiger partial charge in [0.2, 0.25) is 0 Å². The quantitative estimate of drug-likeness (QED) is 0.127. The summed E-state index contributed by atoms with van der Waals surface area (Å²) in [6.07, 6.45) is 0. The number of ether oxygens (including phenoxy) is 1. The Balaban J connectivity index is 1.00. The molecule has 1 aromatic heterocycles. The largest absolute Gasteiger partial charge is 0.457 e. The first kappa shape index (κ1) is 62.6. The standard InChI is InChI=1S/C99H76BN3O/c1-97(2,3)77-53-74(54-78(60-77)98(4,5)6)69-49-50-86-90(59-69)102(79-55-70(65-31-13-7-14-32-65)51-71(56-79)66-33-15-8-16-34-66)92-61-81(101-88-46-28-25-43-82(88)83-44-26-29-47-89(83)101)62-93-96(92)100(86)87-63-85-95(104-94-48-30-27-45-84(94)99(85,75-39-21-11-22-40-75)76-41-23-12-24-42-76)64-91(87)103(93)80-57-72(67-35-17-9-18-36-67)52-73(58-80)68-37-19-10-20-38-68/h7-64H,1-6H3. The van der Waals surface area contributed by atoms with Gasteiger partial charge in [-0.15, -0.1) is 0 Å². The molecule has 0 radical (unpaired) electrons. The first-order valence-electron chi connectivity index (χ1n) is 36.5. The van der Waals surface area contributed by atoms with Crippen LogP contribution in [0.5, 0.6) is 11.5 Å². The van der Waals surface area contributed by atoms with Crippen molar-refractivity contribution < 1.29 is 4.74 Å². The molecule has 0 spiro atoms. The van der Waals surface area contributed by atoms with E-state index in [1.807, 2.05) is 0 Å². The number of rotatable bonds is 10. The van der Waals surface area contributed by atoms with Gasteiger partial charge in [0.15, 0.2) is 0 Å². The van der Waals surface area contributed by atoms with E-state index in [1.165, 1.54) is 43.9 Å². The zero-order chi connectivity index (χ0) is 70.0. The molecule has 104 heavy (non-hydrogen) atoms. The van der Waals surface area contributed by atoms with E-state index in [1.54, 1.807) is 0 Å². The van der Waals surface area contributed by atoms with E-state index in [0.717, 1.165) is 135 Å². The monoisotopic (exact) mass is 1330 g/mol. The fourth-order valence-electron chi connectivity index (χ4n) is 17.1. The molecule has 0 saturated carbocycles. The summed E-state index contributed by atoms with van der Waals surface area (Å²) in [6, 6.07) is 132. The van der Waals surface area contributed by atoms with Crippen molar-refractivity contribution in [1.82, 2.24) is 4.57 Å². The summed E-state index contributed by atoms with van der Waals surface area (Å²) in [5, 5.41) is 2.40. The predicted octanol–water partition coefficient (Wildman–Crippen LogP) is 24.3. The van der Waals surface area contributed by atoms with Crippen molar-refractivity contribution in [2.24, 2.45) is 0 Å². The SMILES string of the molecule is CC(C)(C)c1cc(-c2ccc3c(c2)N(c2cc(-c4ccccc4)cc(-c4ccccc4)c2)c2cc(-n4c5ccccc5c5ccccc54)cc4c2B3c2cc3c(cc2N4c2cc(-c4ccccc4)cc(-c4ccccc4)c2)Oc2ccccc2C3(c2ccccc2)c2ccccc2)cc(C(C)(C)C)c1. The minimum atomic E-state index is -0.814. The van der Waals surface area contributed by atoms with Crippen molar-refractivity contribution in [3.8, 4) is 72.8 Å². The molecule has 0 bridgehead atoms. The van der Waals surface area contributed by atoms with Crippen LogP contribution in [0.4, 0.5) is 34.1 Å². The molecule has 5 heteroatoms. The zero-order valence-electron chi connectivity index (χ0n) is 59.3. The Hall–Kier alpha value is -12.4. The van der Waals surface area contributed by atoms with Gasteiger partial charge in [-0.05, 0) is 178 Å². The highest BCUT2D eigenvalue weighted by molar-refractivity contribution is 7.00. The summed E-state index contributed by atoms with van der Waals surface area (Å²) < 4.78 is 10.1. The third kappa shape index (κ3) is 10.3. The van der Waals surface area contributed by atoms with Gasteiger partial charge in [-0.25, -0.2) is 0 Å². The van der Waals surface area contributed by atoms with Crippen LogP contribution in [0.1, 0.15) is 74.9 Å². The highest BCUT2D eigenvalue weighted by Crippen LogP contribution is 2.58. The summed E-state index contributed by atoms with van der Waals surface area (Å²) in [6.45, 7) is 13.7. The normalized spacial score (nSPS) is 13.4. The van der Waals surface area contributed by atoms with Crippen LogP contribution in [0.15, 0.2) is 352 Å². The molecule has 4 heterocycles. The molecular formula is C99H76BN3O. The van der Waals surface area contributed by atoms with Gasteiger partial charge in [-0.3, -0.25) is 0 Å². The second-order valence-electron chi connectivity index (χ2n) is 30.4. The summed E-state index contributed by atoms with van der Waals surface area (Å²) in [5.41, 5.74) is 30.8. The van der Waals surface area contributed by atoms with Crippen molar-refractivity contribution in [3.63, 3.8) is 0 Å². The Bertz CT molecular complexity index is 5790. The first-order chi connectivity index (χ1) is 50.8. The van der Waals surface area contributed by atoms with E-state index in [0.29, 0.717) is 0 Å². The van der Waals surface area contributed by atoms with Crippen molar-refractivity contribution in [3.05, 3.63) is 385 Å². The van der Waals surface area contributed by atoms with Gasteiger partial charge < -0.3 is 19.1 Å². The molecule has 0 aliphatic carbocycles. The number of nitrogens with zero attached hydrogens (tertiary/aromatic N) is 3. The van der Waals surface area contributed by atoms with Crippen LogP contribution in [0.3, 0.4) is 0 Å². The number of fused-ring (bicyclic) bond motifs is 9. The van der Waals surface area contributed by atoms with Gasteiger partial charge in [-0.1, -0.05) is 315 Å². The molecule has 16 aromatic rings. The van der Waals surface area contributed by atoms with Crippen molar-refractivity contribution in [1.29, 1.82) is 0 Å². The lowest BCUT2D eigenvalue weighted by Crippen LogP contribution is -2.61. The lowest BCUT2D eigenvalue weighted by atomic mass is 9.33. The summed E-state index contributed by atoms with van der Waals surface area (Å²) in [7, 11) is 0. The minimum absolute atomic E-state index is 0.112. The van der Waals surface area contributed by atoms with Crippen molar-refractivity contribution in [2.75, 3.05) is 9.80 Å². The van der Waals surface area contributed by atoms with Gasteiger partial charge in [0.25, 0.3) is 6.71 Å². The van der Waals surface area contributed by atoms with Crippen LogP contribution >= 0.6 is 0 Å². The topological polar surface area (TPSA) is 20.6 Å². The number of aromatic nitrogens is 1. The predicted molar refractivity (Wildman–Crippen MR) is 438 cm³/mol. The number of anilines is 6. The summed E-state index contributed by atoms with van der Waals surface area (Å²) in [5.74, 6) is 1.63. The Labute approximate surface area is 610 Å². The number of hydrogen-bond acceptors (Lipinski definition) is 3. The maximum Gasteiger partial charge on any atom is 0.252 e. The smallest absolute Gasteiger partial charge is 0.252 e. The summed E-state index contributed by atoms with van der Waals surface area (Å²) >= 11 is 0. The average molecular weight is 1330 g/mol. The lowest BCUT2D eigenvalue weighted by molar-refractivity contribution is 0.435. The first-order valence-corrected chi connectivity index (χ1v) is 36.5. The average Bonchev–Trinajstić information content (AvgIpc) is 0.690. The van der Waals surface area contributed by atoms with E-state index in [2.05, 4.69) is 408 Å². The maximum absolute atomic E-state index is 7.62. The Kier molecular flexibility index (Phi) is 14.7. The van der Waals surface area contributed by atoms with Crippen LogP contribution < -0.4 is 30.9 Å². The van der Waals surface area contributed by atoms with Crippen molar-refractivity contribution in [2.45, 2.75) is 57.8 Å². The van der Waals surface area contributed by atoms with E-state index in [4.69, 9.17) is 4.74 Å². The van der Waals surface area contributed by atoms with Crippen LogP contribution in [0, 0.1) is 0 Å². The minimum Gasteiger partial charge on any atom is -0.457 e.